The van der Waals surface area contributed by atoms with Crippen LogP contribution in [0.25, 0.3) is 11.3 Å². The third kappa shape index (κ3) is 4.75. The number of benzene rings is 1. The Kier molecular flexibility index (Phi) is 6.52. The number of aromatic nitrogens is 1. The van der Waals surface area contributed by atoms with Gasteiger partial charge in [-0.2, -0.15) is 0 Å². The molecule has 1 heterocycles. The highest BCUT2D eigenvalue weighted by atomic mass is 32.1. The summed E-state index contributed by atoms with van der Waals surface area (Å²) in [5.41, 5.74) is 5.35. The molecule has 154 valence electrons. The lowest BCUT2D eigenvalue weighted by molar-refractivity contribution is -0.146. The number of thiazole rings is 1. The van der Waals surface area contributed by atoms with Gasteiger partial charge in [-0.1, -0.05) is 48.8 Å². The van der Waals surface area contributed by atoms with Gasteiger partial charge < -0.3 is 10.4 Å². The van der Waals surface area contributed by atoms with E-state index in [2.05, 4.69) is 41.5 Å². The fraction of sp³-hybridized carbons (Fsp3) is 0.435. The highest BCUT2D eigenvalue weighted by Crippen LogP contribution is 2.36. The molecular weight excluding hydrogens is 384 g/mol. The Bertz CT molecular complexity index is 944. The number of carboxylic acid groups (broad SMARTS) is 1. The highest BCUT2D eigenvalue weighted by molar-refractivity contribution is 7.16. The molecule has 0 fully saturated rings. The maximum Gasteiger partial charge on any atom is 0.307 e. The van der Waals surface area contributed by atoms with E-state index in [0.717, 1.165) is 40.1 Å². The Hall–Kier alpha value is -2.47. The predicted molar refractivity (Wildman–Crippen MR) is 117 cm³/mol. The number of nitrogens with one attached hydrogen (secondary N) is 1. The van der Waals surface area contributed by atoms with Crippen LogP contribution in [0.1, 0.15) is 50.5 Å². The maximum absolute atomic E-state index is 12.9. The zero-order chi connectivity index (χ0) is 21.1. The SMILES string of the molecule is CCCc1ccc(-c2nc(NC(=O)[C@H]3CC(C)=C(C)C[C@H]3C(=O)O)sc2C)cc1. The molecule has 1 amide bonds. The van der Waals surface area contributed by atoms with Crippen LogP contribution in [0.3, 0.4) is 0 Å². The van der Waals surface area contributed by atoms with Crippen molar-refractivity contribution in [3.8, 4) is 11.3 Å². The summed E-state index contributed by atoms with van der Waals surface area (Å²) in [5.74, 6) is -2.44. The van der Waals surface area contributed by atoms with E-state index in [4.69, 9.17) is 0 Å². The van der Waals surface area contributed by atoms with E-state index in [-0.39, 0.29) is 5.91 Å². The summed E-state index contributed by atoms with van der Waals surface area (Å²) >= 11 is 1.42. The molecule has 0 bridgehead atoms. The van der Waals surface area contributed by atoms with Crippen molar-refractivity contribution in [2.45, 2.75) is 53.4 Å². The third-order valence-corrected chi connectivity index (χ3v) is 6.60. The molecule has 0 saturated carbocycles. The molecule has 1 aliphatic rings. The summed E-state index contributed by atoms with van der Waals surface area (Å²) in [4.78, 5) is 30.2. The van der Waals surface area contributed by atoms with Crippen molar-refractivity contribution < 1.29 is 14.7 Å². The van der Waals surface area contributed by atoms with Gasteiger partial charge in [0.1, 0.15) is 0 Å². The minimum atomic E-state index is -0.917. The van der Waals surface area contributed by atoms with E-state index in [1.807, 2.05) is 20.8 Å². The monoisotopic (exact) mass is 412 g/mol. The smallest absolute Gasteiger partial charge is 0.307 e. The standard InChI is InChI=1S/C23H28N2O3S/c1-5-6-16-7-9-17(10-8-16)20-15(4)29-23(24-20)25-21(26)18-11-13(2)14(3)12-19(18)22(27)28/h7-10,18-19H,5-6,11-12H2,1-4H3,(H,27,28)(H,24,25,26)/t18-,19+/m0/s1. The van der Waals surface area contributed by atoms with Crippen molar-refractivity contribution in [2.75, 3.05) is 5.32 Å². The van der Waals surface area contributed by atoms with Gasteiger partial charge in [0.2, 0.25) is 5.91 Å². The van der Waals surface area contributed by atoms with Gasteiger partial charge in [-0.05, 0) is 45.6 Å². The Morgan fingerprint density at radius 1 is 1.10 bits per heavy atom. The molecule has 0 unspecified atom stereocenters. The van der Waals surface area contributed by atoms with Crippen LogP contribution in [-0.4, -0.2) is 22.0 Å². The fourth-order valence-corrected chi connectivity index (χ4v) is 4.70. The van der Waals surface area contributed by atoms with E-state index in [1.165, 1.54) is 16.9 Å². The Morgan fingerprint density at radius 3 is 2.31 bits per heavy atom. The molecule has 0 spiro atoms. The van der Waals surface area contributed by atoms with E-state index in [9.17, 15) is 14.7 Å². The van der Waals surface area contributed by atoms with E-state index >= 15 is 0 Å². The lowest BCUT2D eigenvalue weighted by atomic mass is 9.76. The maximum atomic E-state index is 12.9. The number of carbonyl (C=O) groups is 2. The zero-order valence-electron chi connectivity index (χ0n) is 17.4. The van der Waals surface area contributed by atoms with E-state index in [1.54, 1.807) is 0 Å². The van der Waals surface area contributed by atoms with E-state index in [0.29, 0.717) is 18.0 Å². The third-order valence-electron chi connectivity index (χ3n) is 5.71. The molecule has 0 radical (unpaired) electrons. The van der Waals surface area contributed by atoms with Gasteiger partial charge in [0.25, 0.3) is 0 Å². The van der Waals surface area contributed by atoms with Gasteiger partial charge in [0.15, 0.2) is 5.13 Å². The number of carboxylic acids is 1. The van der Waals surface area contributed by atoms with Crippen molar-refractivity contribution in [1.29, 1.82) is 0 Å². The largest absolute Gasteiger partial charge is 0.481 e. The Labute approximate surface area is 175 Å². The predicted octanol–water partition coefficient (Wildman–Crippen LogP) is 5.46. The first kappa shape index (κ1) is 21.2. The molecular formula is C23H28N2O3S. The number of nitrogens with zero attached hydrogens (tertiary/aromatic N) is 1. The molecule has 0 saturated heterocycles. The zero-order valence-corrected chi connectivity index (χ0v) is 18.2. The summed E-state index contributed by atoms with van der Waals surface area (Å²) in [5, 5.41) is 13.0. The number of amides is 1. The summed E-state index contributed by atoms with van der Waals surface area (Å²) < 4.78 is 0. The van der Waals surface area contributed by atoms with Crippen LogP contribution in [0.2, 0.25) is 0 Å². The number of carbonyl (C=O) groups excluding carboxylic acids is 1. The van der Waals surface area contributed by atoms with Crippen LogP contribution in [0, 0.1) is 18.8 Å². The van der Waals surface area contributed by atoms with Crippen molar-refractivity contribution in [1.82, 2.24) is 4.98 Å². The molecule has 1 aromatic carbocycles. The summed E-state index contributed by atoms with van der Waals surface area (Å²) in [6.45, 7) is 8.07. The second-order valence-corrected chi connectivity index (χ2v) is 9.08. The Morgan fingerprint density at radius 2 is 1.72 bits per heavy atom. The number of rotatable bonds is 6. The minimum Gasteiger partial charge on any atom is -0.481 e. The highest BCUT2D eigenvalue weighted by Gasteiger charge is 2.37. The molecule has 6 heteroatoms. The second-order valence-electron chi connectivity index (χ2n) is 7.88. The molecule has 2 aromatic rings. The topological polar surface area (TPSA) is 79.3 Å². The van der Waals surface area contributed by atoms with Crippen LogP contribution >= 0.6 is 11.3 Å². The van der Waals surface area contributed by atoms with Crippen molar-refractivity contribution in [2.24, 2.45) is 11.8 Å². The van der Waals surface area contributed by atoms with E-state index < -0.39 is 17.8 Å². The first-order valence-electron chi connectivity index (χ1n) is 10.1. The quantitative estimate of drug-likeness (QED) is 0.618. The lowest BCUT2D eigenvalue weighted by Crippen LogP contribution is -2.36. The van der Waals surface area contributed by atoms with Crippen LogP contribution in [0.15, 0.2) is 35.4 Å². The summed E-state index contributed by atoms with van der Waals surface area (Å²) in [7, 11) is 0. The number of hydrogen-bond acceptors (Lipinski definition) is 4. The number of allylic oxidation sites excluding steroid dienone is 2. The number of anilines is 1. The molecule has 29 heavy (non-hydrogen) atoms. The van der Waals surface area contributed by atoms with Gasteiger partial charge in [-0.15, -0.1) is 11.3 Å². The molecule has 0 aliphatic heterocycles. The van der Waals surface area contributed by atoms with Gasteiger partial charge in [-0.3, -0.25) is 9.59 Å². The van der Waals surface area contributed by atoms with Crippen molar-refractivity contribution in [3.05, 3.63) is 45.9 Å². The molecule has 2 N–H and O–H groups in total. The van der Waals surface area contributed by atoms with Gasteiger partial charge in [0, 0.05) is 10.4 Å². The van der Waals surface area contributed by atoms with Crippen LogP contribution in [0.4, 0.5) is 5.13 Å². The van der Waals surface area contributed by atoms with Crippen LogP contribution in [0.5, 0.6) is 0 Å². The Balaban J connectivity index is 1.77. The number of aliphatic carboxylic acids is 1. The summed E-state index contributed by atoms with van der Waals surface area (Å²) in [6.07, 6.45) is 3.06. The number of hydrogen-bond donors (Lipinski definition) is 2. The second kappa shape index (κ2) is 8.91. The fourth-order valence-electron chi connectivity index (χ4n) is 3.86. The van der Waals surface area contributed by atoms with Crippen LogP contribution < -0.4 is 5.32 Å². The first-order valence-corrected chi connectivity index (χ1v) is 10.9. The summed E-state index contributed by atoms with van der Waals surface area (Å²) in [6, 6.07) is 8.37. The molecule has 3 rings (SSSR count). The van der Waals surface area contributed by atoms with Gasteiger partial charge in [-0.25, -0.2) is 4.98 Å². The molecule has 2 atom stereocenters. The average Bonchev–Trinajstić information content (AvgIpc) is 3.04. The minimum absolute atomic E-state index is 0.261. The van der Waals surface area contributed by atoms with Gasteiger partial charge in [0.05, 0.1) is 17.5 Å². The van der Waals surface area contributed by atoms with Gasteiger partial charge >= 0.3 is 5.97 Å². The average molecular weight is 413 g/mol. The normalized spacial score (nSPS) is 19.3. The number of aryl methyl sites for hydroxylation is 2. The first-order chi connectivity index (χ1) is 13.8. The van der Waals surface area contributed by atoms with Crippen molar-refractivity contribution in [3.63, 3.8) is 0 Å². The van der Waals surface area contributed by atoms with Crippen molar-refractivity contribution >= 4 is 28.3 Å². The lowest BCUT2D eigenvalue weighted by Gasteiger charge is -2.29. The van der Waals surface area contributed by atoms with Crippen LogP contribution in [-0.2, 0) is 16.0 Å². The molecule has 1 aliphatic carbocycles. The molecule has 5 nitrogen and oxygen atoms in total. The molecule has 1 aromatic heterocycles.